The highest BCUT2D eigenvalue weighted by Gasteiger charge is 2.33. The van der Waals surface area contributed by atoms with Crippen molar-refractivity contribution in [2.24, 2.45) is 4.99 Å². The number of ether oxygens (including phenoxy) is 2. The molecular weight excluding hydrogens is 558 g/mol. The monoisotopic (exact) mass is 579 g/mol. The maximum atomic E-state index is 13.7. The van der Waals surface area contributed by atoms with Crippen molar-refractivity contribution in [3.05, 3.63) is 112 Å². The van der Waals surface area contributed by atoms with Crippen LogP contribution < -0.4 is 19.6 Å². The molecule has 0 saturated heterocycles. The SMILES string of the molecule is CCOC(=O)C1=C(C)N=c2s/c(=C/c3ccc(-c4ccc(Cl)c([N+](=O)[O-])c4)o3)c(=O)n2C1c1ccc(OC)cc1. The Balaban J connectivity index is 1.61. The van der Waals surface area contributed by atoms with Gasteiger partial charge in [-0.25, -0.2) is 9.79 Å². The summed E-state index contributed by atoms with van der Waals surface area (Å²) in [6.45, 7) is 3.60. The predicted molar refractivity (Wildman–Crippen MR) is 149 cm³/mol. The van der Waals surface area contributed by atoms with Gasteiger partial charge in [-0.1, -0.05) is 35.1 Å². The summed E-state index contributed by atoms with van der Waals surface area (Å²) in [5.74, 6) is 0.816. The van der Waals surface area contributed by atoms with E-state index in [9.17, 15) is 19.7 Å². The average Bonchev–Trinajstić information content (AvgIpc) is 3.52. The number of esters is 1. The molecule has 1 aliphatic rings. The molecule has 4 aromatic rings. The fraction of sp³-hybridized carbons (Fsp3) is 0.179. The Morgan fingerprint density at radius 3 is 2.65 bits per heavy atom. The highest BCUT2D eigenvalue weighted by molar-refractivity contribution is 7.07. The lowest BCUT2D eigenvalue weighted by Crippen LogP contribution is -2.39. The van der Waals surface area contributed by atoms with Gasteiger partial charge in [-0.15, -0.1) is 0 Å². The topological polar surface area (TPSA) is 126 Å². The van der Waals surface area contributed by atoms with Gasteiger partial charge in [-0.05, 0) is 55.8 Å². The Kier molecular flexibility index (Phi) is 7.42. The molecule has 2 aromatic carbocycles. The Bertz CT molecular complexity index is 1850. The minimum absolute atomic E-state index is 0.0190. The third kappa shape index (κ3) is 4.96. The highest BCUT2D eigenvalue weighted by atomic mass is 35.5. The van der Waals surface area contributed by atoms with Crippen LogP contribution in [0.3, 0.4) is 0 Å². The van der Waals surface area contributed by atoms with Crippen molar-refractivity contribution < 1.29 is 23.6 Å². The van der Waals surface area contributed by atoms with Crippen molar-refractivity contribution in [3.63, 3.8) is 0 Å². The number of halogens is 1. The normalized spacial score (nSPS) is 15.0. The molecule has 2 aromatic heterocycles. The minimum atomic E-state index is -0.759. The van der Waals surface area contributed by atoms with Gasteiger partial charge in [0.2, 0.25) is 0 Å². The number of carbonyl (C=O) groups excluding carboxylic acids is 1. The first-order chi connectivity index (χ1) is 19.2. The van der Waals surface area contributed by atoms with Crippen LogP contribution in [0.2, 0.25) is 5.02 Å². The molecule has 3 heterocycles. The summed E-state index contributed by atoms with van der Waals surface area (Å²) in [6.07, 6.45) is 1.58. The van der Waals surface area contributed by atoms with Crippen molar-refractivity contribution in [2.45, 2.75) is 19.9 Å². The Hall–Kier alpha value is -4.48. The number of allylic oxidation sites excluding steroid dienone is 1. The summed E-state index contributed by atoms with van der Waals surface area (Å²) in [4.78, 5) is 42.4. The van der Waals surface area contributed by atoms with E-state index in [1.807, 2.05) is 0 Å². The largest absolute Gasteiger partial charge is 0.497 e. The molecule has 1 aliphatic heterocycles. The van der Waals surface area contributed by atoms with Gasteiger partial charge in [0.15, 0.2) is 4.80 Å². The van der Waals surface area contributed by atoms with Gasteiger partial charge in [0.05, 0.1) is 40.5 Å². The summed E-state index contributed by atoms with van der Waals surface area (Å²) >= 11 is 7.08. The van der Waals surface area contributed by atoms with Crippen LogP contribution in [0.4, 0.5) is 5.69 Å². The molecule has 1 unspecified atom stereocenters. The zero-order valence-corrected chi connectivity index (χ0v) is 23.1. The van der Waals surface area contributed by atoms with Gasteiger partial charge in [0.1, 0.15) is 22.3 Å². The van der Waals surface area contributed by atoms with Crippen LogP contribution in [-0.4, -0.2) is 29.2 Å². The quantitative estimate of drug-likeness (QED) is 0.177. The molecule has 40 heavy (non-hydrogen) atoms. The smallest absolute Gasteiger partial charge is 0.338 e. The van der Waals surface area contributed by atoms with Crippen molar-refractivity contribution in [3.8, 4) is 17.1 Å². The zero-order chi connectivity index (χ0) is 28.6. The maximum absolute atomic E-state index is 13.7. The molecule has 0 amide bonds. The first-order valence-electron chi connectivity index (χ1n) is 12.1. The molecule has 0 radical (unpaired) electrons. The number of hydrogen-bond donors (Lipinski definition) is 0. The molecule has 0 aliphatic carbocycles. The van der Waals surface area contributed by atoms with Crippen LogP contribution in [-0.2, 0) is 9.53 Å². The number of carbonyl (C=O) groups is 1. The van der Waals surface area contributed by atoms with Gasteiger partial charge in [0, 0.05) is 17.7 Å². The number of benzene rings is 2. The lowest BCUT2D eigenvalue weighted by Gasteiger charge is -2.24. The van der Waals surface area contributed by atoms with E-state index in [2.05, 4.69) is 4.99 Å². The van der Waals surface area contributed by atoms with Gasteiger partial charge in [-0.2, -0.15) is 0 Å². The van der Waals surface area contributed by atoms with Crippen LogP contribution in [0.5, 0.6) is 5.75 Å². The lowest BCUT2D eigenvalue weighted by atomic mass is 9.96. The standard InChI is InChI=1S/C28H22ClN3O7S/c1-4-38-27(34)24-15(2)30-28-31(25(24)16-5-8-18(37-3)9-6-16)26(33)23(40-28)14-19-10-12-22(39-19)17-7-11-20(29)21(13-17)32(35)36/h5-14,25H,4H2,1-3H3/b23-14+. The minimum Gasteiger partial charge on any atom is -0.497 e. The van der Waals surface area contributed by atoms with Gasteiger partial charge < -0.3 is 13.9 Å². The second-order valence-corrected chi connectivity index (χ2v) is 10.1. The van der Waals surface area contributed by atoms with Crippen molar-refractivity contribution in [2.75, 3.05) is 13.7 Å². The molecule has 12 heteroatoms. The third-order valence-electron chi connectivity index (χ3n) is 6.28. The summed E-state index contributed by atoms with van der Waals surface area (Å²) in [5, 5.41) is 11.3. The third-order valence-corrected chi connectivity index (χ3v) is 7.58. The Labute approximate surface area is 236 Å². The van der Waals surface area contributed by atoms with E-state index in [0.29, 0.717) is 43.4 Å². The summed E-state index contributed by atoms with van der Waals surface area (Å²) in [5.41, 5.74) is 1.28. The van der Waals surface area contributed by atoms with Crippen LogP contribution >= 0.6 is 22.9 Å². The fourth-order valence-corrected chi connectivity index (χ4v) is 5.63. The molecule has 5 rings (SSSR count). The summed E-state index contributed by atoms with van der Waals surface area (Å²) < 4.78 is 18.3. The summed E-state index contributed by atoms with van der Waals surface area (Å²) in [6, 6.07) is 14.0. The van der Waals surface area contributed by atoms with Crippen LogP contribution in [0.1, 0.15) is 31.2 Å². The van der Waals surface area contributed by atoms with E-state index in [0.717, 1.165) is 11.3 Å². The number of fused-ring (bicyclic) bond motifs is 1. The highest BCUT2D eigenvalue weighted by Crippen LogP contribution is 2.33. The molecular formula is C28H22ClN3O7S. The van der Waals surface area contributed by atoms with Crippen molar-refractivity contribution in [1.29, 1.82) is 0 Å². The number of hydrogen-bond acceptors (Lipinski definition) is 9. The van der Waals surface area contributed by atoms with Gasteiger partial charge >= 0.3 is 5.97 Å². The number of thiazole rings is 1. The van der Waals surface area contributed by atoms with Crippen LogP contribution in [0, 0.1) is 10.1 Å². The molecule has 0 N–H and O–H groups in total. The zero-order valence-electron chi connectivity index (χ0n) is 21.5. The molecule has 1 atom stereocenters. The van der Waals surface area contributed by atoms with Gasteiger partial charge in [0.25, 0.3) is 11.2 Å². The molecule has 0 spiro atoms. The number of nitro benzene ring substituents is 1. The molecule has 204 valence electrons. The molecule has 0 saturated carbocycles. The molecule has 0 bridgehead atoms. The second-order valence-electron chi connectivity index (χ2n) is 8.70. The maximum Gasteiger partial charge on any atom is 0.338 e. The fourth-order valence-electron chi connectivity index (χ4n) is 4.41. The van der Waals surface area contributed by atoms with E-state index < -0.39 is 16.9 Å². The number of furan rings is 1. The number of methoxy groups -OCH3 is 1. The second kappa shape index (κ2) is 10.9. The predicted octanol–water partition coefficient (Wildman–Crippen LogP) is 4.63. The van der Waals surface area contributed by atoms with Crippen molar-refractivity contribution in [1.82, 2.24) is 4.57 Å². The Morgan fingerprint density at radius 1 is 1.23 bits per heavy atom. The van der Waals surface area contributed by atoms with E-state index in [1.165, 1.54) is 16.7 Å². The Morgan fingerprint density at radius 2 is 1.98 bits per heavy atom. The first-order valence-corrected chi connectivity index (χ1v) is 13.3. The first kappa shape index (κ1) is 27.1. The van der Waals surface area contributed by atoms with Gasteiger partial charge in [-0.3, -0.25) is 19.5 Å². The number of nitrogens with zero attached hydrogens (tertiary/aromatic N) is 3. The van der Waals surface area contributed by atoms with Crippen LogP contribution in [0.15, 0.2) is 80.1 Å². The number of rotatable bonds is 7. The van der Waals surface area contributed by atoms with E-state index >= 15 is 0 Å². The van der Waals surface area contributed by atoms with Crippen LogP contribution in [0.25, 0.3) is 17.4 Å². The molecule has 10 nitrogen and oxygen atoms in total. The van der Waals surface area contributed by atoms with E-state index in [-0.39, 0.29) is 28.4 Å². The number of aromatic nitrogens is 1. The molecule has 0 fully saturated rings. The lowest BCUT2D eigenvalue weighted by molar-refractivity contribution is -0.384. The summed E-state index contributed by atoms with van der Waals surface area (Å²) in [7, 11) is 1.56. The number of nitro groups is 1. The average molecular weight is 580 g/mol. The van der Waals surface area contributed by atoms with E-state index in [4.69, 9.17) is 25.5 Å². The van der Waals surface area contributed by atoms with Crippen molar-refractivity contribution >= 4 is 40.7 Å². The van der Waals surface area contributed by atoms with E-state index in [1.54, 1.807) is 69.5 Å².